The summed E-state index contributed by atoms with van der Waals surface area (Å²) in [5.74, 6) is 0.282. The maximum Gasteiger partial charge on any atom is 0.272 e. The SMILES string of the molecule is Cn1ccnc1[C@@H]1c2n[nH]c(=O)c3cccc(c23)N[C@H]1c1ccc(F)cc1. The third-order valence-electron chi connectivity index (χ3n) is 5.15. The van der Waals surface area contributed by atoms with Crippen molar-refractivity contribution in [3.63, 3.8) is 0 Å². The van der Waals surface area contributed by atoms with E-state index in [2.05, 4.69) is 20.5 Å². The molecule has 1 aliphatic rings. The number of aryl methyl sites for hydroxylation is 1. The number of hydrogen-bond donors (Lipinski definition) is 2. The maximum atomic E-state index is 13.5. The van der Waals surface area contributed by atoms with E-state index >= 15 is 0 Å². The van der Waals surface area contributed by atoms with Crippen LogP contribution in [-0.2, 0) is 7.05 Å². The van der Waals surface area contributed by atoms with Crippen LogP contribution in [0.2, 0.25) is 0 Å². The lowest BCUT2D eigenvalue weighted by atomic mass is 9.83. The highest BCUT2D eigenvalue weighted by atomic mass is 19.1. The van der Waals surface area contributed by atoms with Crippen molar-refractivity contribution < 1.29 is 4.39 Å². The van der Waals surface area contributed by atoms with Gasteiger partial charge in [-0.15, -0.1) is 0 Å². The largest absolute Gasteiger partial charge is 0.377 e. The van der Waals surface area contributed by atoms with Crippen molar-refractivity contribution in [3.8, 4) is 0 Å². The Kier molecular flexibility index (Phi) is 3.36. The Labute approximate surface area is 153 Å². The Bertz CT molecular complexity index is 1210. The minimum absolute atomic E-state index is 0.205. The molecule has 0 unspecified atom stereocenters. The van der Waals surface area contributed by atoms with Gasteiger partial charge in [-0.2, -0.15) is 5.10 Å². The van der Waals surface area contributed by atoms with Gasteiger partial charge in [0.25, 0.3) is 5.56 Å². The molecule has 6 nitrogen and oxygen atoms in total. The van der Waals surface area contributed by atoms with Gasteiger partial charge < -0.3 is 9.88 Å². The van der Waals surface area contributed by atoms with E-state index in [4.69, 9.17) is 0 Å². The first-order valence-corrected chi connectivity index (χ1v) is 8.64. The molecule has 0 aliphatic carbocycles. The molecular weight excluding hydrogens is 345 g/mol. The van der Waals surface area contributed by atoms with Gasteiger partial charge in [0, 0.05) is 30.5 Å². The average molecular weight is 361 g/mol. The average Bonchev–Trinajstić information content (AvgIpc) is 3.10. The number of hydrogen-bond acceptors (Lipinski definition) is 4. The number of aromatic nitrogens is 4. The number of anilines is 1. The van der Waals surface area contributed by atoms with Crippen molar-refractivity contribution in [1.29, 1.82) is 0 Å². The molecule has 1 aliphatic heterocycles. The molecule has 0 bridgehead atoms. The molecule has 0 radical (unpaired) electrons. The fourth-order valence-corrected chi connectivity index (χ4v) is 3.89. The van der Waals surface area contributed by atoms with Crippen LogP contribution in [0.3, 0.4) is 0 Å². The van der Waals surface area contributed by atoms with Gasteiger partial charge in [0.1, 0.15) is 11.6 Å². The van der Waals surface area contributed by atoms with E-state index in [0.717, 1.165) is 28.2 Å². The Morgan fingerprint density at radius 3 is 2.70 bits per heavy atom. The van der Waals surface area contributed by atoms with Crippen LogP contribution in [0, 0.1) is 5.82 Å². The monoisotopic (exact) mass is 361 g/mol. The zero-order valence-electron chi connectivity index (χ0n) is 14.5. The van der Waals surface area contributed by atoms with Gasteiger partial charge in [-0.1, -0.05) is 18.2 Å². The summed E-state index contributed by atoms with van der Waals surface area (Å²) in [5.41, 5.74) is 2.28. The quantitative estimate of drug-likeness (QED) is 0.575. The predicted octanol–water partition coefficient (Wildman–Crippen LogP) is 3.09. The minimum atomic E-state index is -0.284. The molecule has 0 saturated heterocycles. The van der Waals surface area contributed by atoms with Gasteiger partial charge >= 0.3 is 0 Å². The standard InChI is InChI=1S/C20H16FN5O/c1-26-10-9-22-19(26)16-17(11-5-7-12(21)8-6-11)23-14-4-2-3-13-15(14)18(16)24-25-20(13)27/h2-10,16-17,23H,1H3,(H,25,27)/t16-,17-/m0/s1. The van der Waals surface area contributed by atoms with E-state index in [1.807, 2.05) is 29.9 Å². The van der Waals surface area contributed by atoms with Crippen molar-refractivity contribution in [2.75, 3.05) is 5.32 Å². The molecule has 27 heavy (non-hydrogen) atoms. The summed E-state index contributed by atoms with van der Waals surface area (Å²) in [6, 6.07) is 11.8. The molecule has 5 rings (SSSR count). The summed E-state index contributed by atoms with van der Waals surface area (Å²) >= 11 is 0. The molecule has 0 amide bonds. The number of imidazole rings is 1. The third kappa shape index (κ3) is 2.35. The van der Waals surface area contributed by atoms with Crippen LogP contribution >= 0.6 is 0 Å². The topological polar surface area (TPSA) is 75.6 Å². The molecule has 0 saturated carbocycles. The molecule has 4 aromatic rings. The van der Waals surface area contributed by atoms with Gasteiger partial charge in [0.05, 0.1) is 23.0 Å². The predicted molar refractivity (Wildman–Crippen MR) is 100 cm³/mol. The highest BCUT2D eigenvalue weighted by Crippen LogP contribution is 2.45. The summed E-state index contributed by atoms with van der Waals surface area (Å²) in [6.45, 7) is 0. The Hall–Kier alpha value is -3.48. The third-order valence-corrected chi connectivity index (χ3v) is 5.15. The molecule has 7 heteroatoms. The van der Waals surface area contributed by atoms with Crippen LogP contribution in [0.25, 0.3) is 10.8 Å². The summed E-state index contributed by atoms with van der Waals surface area (Å²) in [6.07, 6.45) is 3.61. The van der Waals surface area contributed by atoms with Gasteiger partial charge in [0.2, 0.25) is 0 Å². The van der Waals surface area contributed by atoms with Crippen molar-refractivity contribution in [1.82, 2.24) is 19.7 Å². The van der Waals surface area contributed by atoms with Gasteiger partial charge in [-0.05, 0) is 29.8 Å². The molecule has 3 heterocycles. The van der Waals surface area contributed by atoms with E-state index in [0.29, 0.717) is 5.39 Å². The number of halogens is 1. The smallest absolute Gasteiger partial charge is 0.272 e. The van der Waals surface area contributed by atoms with Crippen LogP contribution in [0.5, 0.6) is 0 Å². The van der Waals surface area contributed by atoms with Crippen LogP contribution < -0.4 is 10.9 Å². The van der Waals surface area contributed by atoms with Crippen LogP contribution in [0.4, 0.5) is 10.1 Å². The second-order valence-corrected chi connectivity index (χ2v) is 6.71. The fourth-order valence-electron chi connectivity index (χ4n) is 3.89. The van der Waals surface area contributed by atoms with Crippen LogP contribution in [0.1, 0.15) is 29.0 Å². The summed E-state index contributed by atoms with van der Waals surface area (Å²) in [5, 5.41) is 11.9. The maximum absolute atomic E-state index is 13.5. The van der Waals surface area contributed by atoms with Gasteiger partial charge in [-0.25, -0.2) is 14.5 Å². The lowest BCUT2D eigenvalue weighted by molar-refractivity contribution is 0.581. The van der Waals surface area contributed by atoms with Gasteiger partial charge in [-0.3, -0.25) is 4.79 Å². The van der Waals surface area contributed by atoms with E-state index < -0.39 is 0 Å². The molecule has 2 atom stereocenters. The number of nitrogens with one attached hydrogen (secondary N) is 2. The van der Waals surface area contributed by atoms with Crippen molar-refractivity contribution in [3.05, 3.63) is 88.1 Å². The second-order valence-electron chi connectivity index (χ2n) is 6.71. The van der Waals surface area contributed by atoms with Crippen molar-refractivity contribution in [2.45, 2.75) is 12.0 Å². The first-order valence-electron chi connectivity index (χ1n) is 8.64. The Morgan fingerprint density at radius 1 is 1.15 bits per heavy atom. The first-order chi connectivity index (χ1) is 13.1. The van der Waals surface area contributed by atoms with Crippen molar-refractivity contribution >= 4 is 16.5 Å². The first kappa shape index (κ1) is 15.7. The zero-order valence-corrected chi connectivity index (χ0v) is 14.5. The molecule has 2 aromatic carbocycles. The van der Waals surface area contributed by atoms with E-state index in [1.54, 1.807) is 24.4 Å². The Balaban J connectivity index is 1.81. The number of nitrogens with zero attached hydrogens (tertiary/aromatic N) is 3. The normalized spacial score (nSPS) is 18.4. The van der Waals surface area contributed by atoms with Crippen LogP contribution in [0.15, 0.2) is 59.7 Å². The van der Waals surface area contributed by atoms with Crippen molar-refractivity contribution in [2.24, 2.45) is 7.05 Å². The zero-order chi connectivity index (χ0) is 18.5. The second kappa shape index (κ2) is 5.77. The molecule has 2 N–H and O–H groups in total. The fraction of sp³-hybridized carbons (Fsp3) is 0.150. The number of H-pyrrole nitrogens is 1. The van der Waals surface area contributed by atoms with E-state index in [9.17, 15) is 9.18 Å². The molecule has 2 aromatic heterocycles. The highest BCUT2D eigenvalue weighted by molar-refractivity contribution is 5.97. The molecular formula is C20H16FN5O. The lowest BCUT2D eigenvalue weighted by Crippen LogP contribution is -2.29. The number of rotatable bonds is 2. The van der Waals surface area contributed by atoms with Gasteiger partial charge in [0.15, 0.2) is 0 Å². The molecule has 134 valence electrons. The minimum Gasteiger partial charge on any atom is -0.377 e. The number of benzene rings is 2. The highest BCUT2D eigenvalue weighted by Gasteiger charge is 2.36. The number of aromatic amines is 1. The summed E-state index contributed by atoms with van der Waals surface area (Å²) < 4.78 is 15.4. The summed E-state index contributed by atoms with van der Waals surface area (Å²) in [7, 11) is 1.92. The van der Waals surface area contributed by atoms with Crippen LogP contribution in [-0.4, -0.2) is 19.7 Å². The van der Waals surface area contributed by atoms with E-state index in [1.165, 1.54) is 12.1 Å². The molecule has 0 spiro atoms. The Morgan fingerprint density at radius 2 is 1.96 bits per heavy atom. The van der Waals surface area contributed by atoms with E-state index in [-0.39, 0.29) is 23.3 Å². The lowest BCUT2D eigenvalue weighted by Gasteiger charge is -2.34. The summed E-state index contributed by atoms with van der Waals surface area (Å²) in [4.78, 5) is 16.8. The molecule has 0 fully saturated rings.